The third-order valence-corrected chi connectivity index (χ3v) is 7.85. The Morgan fingerprint density at radius 3 is 2.38 bits per heavy atom. The number of hydrogen-bond donors (Lipinski definition) is 1. The molecule has 1 aromatic heterocycles. The second-order valence-electron chi connectivity index (χ2n) is 9.10. The van der Waals surface area contributed by atoms with Crippen LogP contribution in [0.25, 0.3) is 0 Å². The number of carbonyl (C=O) groups is 3. The maximum atomic E-state index is 13.4. The van der Waals surface area contributed by atoms with Crippen LogP contribution in [0.2, 0.25) is 10.0 Å². The lowest BCUT2D eigenvalue weighted by molar-refractivity contribution is -0.141. The van der Waals surface area contributed by atoms with Gasteiger partial charge in [-0.3, -0.25) is 19.5 Å². The molecule has 2 fully saturated rings. The normalized spacial score (nSPS) is 21.4. The van der Waals surface area contributed by atoms with E-state index in [0.717, 1.165) is 5.56 Å². The molecule has 1 N–H and O–H groups in total. The Morgan fingerprint density at radius 1 is 1.06 bits per heavy atom. The maximum Gasteiger partial charge on any atom is 0.257 e. The predicted molar refractivity (Wildman–Crippen MR) is 130 cm³/mol. The van der Waals surface area contributed by atoms with Gasteiger partial charge in [0.2, 0.25) is 11.8 Å². The number of nitrogens with one attached hydrogen (secondary N) is 1. The molecule has 0 bridgehead atoms. The van der Waals surface area contributed by atoms with Crippen LogP contribution >= 0.6 is 23.2 Å². The Bertz CT molecular complexity index is 1050. The zero-order chi connectivity index (χ0) is 24.4. The van der Waals surface area contributed by atoms with E-state index in [2.05, 4.69) is 10.2 Å². The van der Waals surface area contributed by atoms with E-state index >= 15 is 0 Å². The molecule has 0 spiro atoms. The fourth-order valence-corrected chi connectivity index (χ4v) is 5.40. The molecule has 3 heterocycles. The summed E-state index contributed by atoms with van der Waals surface area (Å²) in [5, 5.41) is 7.49. The number of nitrogens with zero attached hydrogens (tertiary/aromatic N) is 4. The summed E-state index contributed by atoms with van der Waals surface area (Å²) in [6.07, 6.45) is 5.09. The van der Waals surface area contributed by atoms with E-state index in [1.165, 1.54) is 6.20 Å². The minimum Gasteiger partial charge on any atom is -0.343 e. The van der Waals surface area contributed by atoms with E-state index in [1.807, 2.05) is 17.0 Å². The summed E-state index contributed by atoms with van der Waals surface area (Å²) in [5.74, 6) is -0.162. The van der Waals surface area contributed by atoms with Crippen molar-refractivity contribution >= 4 is 40.9 Å². The summed E-state index contributed by atoms with van der Waals surface area (Å²) in [6, 6.07) is 5.38. The van der Waals surface area contributed by atoms with Gasteiger partial charge in [0.25, 0.3) is 5.91 Å². The van der Waals surface area contributed by atoms with Gasteiger partial charge in [-0.2, -0.15) is 5.10 Å². The fraction of sp³-hybridized carbons (Fsp3) is 0.500. The van der Waals surface area contributed by atoms with Crippen molar-refractivity contribution in [1.82, 2.24) is 24.9 Å². The van der Waals surface area contributed by atoms with Gasteiger partial charge in [0.05, 0.1) is 21.8 Å². The largest absolute Gasteiger partial charge is 0.343 e. The molecule has 8 nitrogen and oxygen atoms in total. The van der Waals surface area contributed by atoms with Crippen LogP contribution in [0.4, 0.5) is 0 Å². The van der Waals surface area contributed by atoms with E-state index in [9.17, 15) is 14.4 Å². The molecule has 34 heavy (non-hydrogen) atoms. The molecule has 1 aromatic carbocycles. The highest BCUT2D eigenvalue weighted by atomic mass is 35.5. The summed E-state index contributed by atoms with van der Waals surface area (Å²) in [4.78, 5) is 43.6. The smallest absolute Gasteiger partial charge is 0.257 e. The Kier molecular flexibility index (Phi) is 7.48. The summed E-state index contributed by atoms with van der Waals surface area (Å²) in [6.45, 7) is 3.84. The van der Waals surface area contributed by atoms with Crippen molar-refractivity contribution in [3.8, 4) is 0 Å². The number of amides is 3. The molecule has 0 aliphatic carbocycles. The number of benzene rings is 1. The van der Waals surface area contributed by atoms with Crippen LogP contribution in [0, 0.1) is 5.92 Å². The van der Waals surface area contributed by atoms with Crippen LogP contribution in [-0.2, 0) is 9.59 Å². The van der Waals surface area contributed by atoms with Crippen LogP contribution in [0.1, 0.15) is 48.0 Å². The number of rotatable bonds is 4. The van der Waals surface area contributed by atoms with Gasteiger partial charge in [-0.1, -0.05) is 29.3 Å². The van der Waals surface area contributed by atoms with Crippen molar-refractivity contribution in [1.29, 1.82) is 0 Å². The number of aromatic amines is 1. The Morgan fingerprint density at radius 2 is 1.76 bits per heavy atom. The van der Waals surface area contributed by atoms with E-state index < -0.39 is 0 Å². The number of halogens is 2. The van der Waals surface area contributed by atoms with Crippen molar-refractivity contribution in [2.75, 3.05) is 33.2 Å². The fourth-order valence-electron chi connectivity index (χ4n) is 5.10. The maximum absolute atomic E-state index is 13.4. The quantitative estimate of drug-likeness (QED) is 0.688. The van der Waals surface area contributed by atoms with Crippen LogP contribution in [0.15, 0.2) is 30.6 Å². The first-order chi connectivity index (χ1) is 16.3. The standard InChI is InChI=1S/C24H29Cl2N5O3/c1-15(32)30-8-5-16(6-9-30)24(34)31-10-7-22(29(2)23(33)18-12-27-28-13-18)19(14-31)17-3-4-20(25)21(26)11-17/h3-4,11-13,16,19,22H,5-10,14H2,1-2H3,(H,27,28)/t19-,22+/m0/s1. The number of hydrogen-bond acceptors (Lipinski definition) is 4. The molecule has 3 amide bonds. The Labute approximate surface area is 209 Å². The molecule has 10 heteroatoms. The van der Waals surface area contributed by atoms with Crippen molar-refractivity contribution in [2.45, 2.75) is 38.1 Å². The lowest BCUT2D eigenvalue weighted by atomic mass is 9.83. The molecule has 2 aliphatic rings. The third kappa shape index (κ3) is 5.08. The molecule has 0 unspecified atom stereocenters. The first kappa shape index (κ1) is 24.5. The lowest BCUT2D eigenvalue weighted by Crippen LogP contribution is -2.53. The lowest BCUT2D eigenvalue weighted by Gasteiger charge is -2.44. The Hall–Kier alpha value is -2.58. The summed E-state index contributed by atoms with van der Waals surface area (Å²) < 4.78 is 0. The second-order valence-corrected chi connectivity index (χ2v) is 9.92. The highest BCUT2D eigenvalue weighted by Gasteiger charge is 2.39. The molecule has 2 saturated heterocycles. The number of aromatic nitrogens is 2. The van der Waals surface area contributed by atoms with Crippen LogP contribution in [-0.4, -0.2) is 81.9 Å². The van der Waals surface area contributed by atoms with Crippen molar-refractivity contribution < 1.29 is 14.4 Å². The van der Waals surface area contributed by atoms with E-state index in [1.54, 1.807) is 36.0 Å². The minimum absolute atomic E-state index is 0.0525. The van der Waals surface area contributed by atoms with Gasteiger partial charge in [-0.25, -0.2) is 0 Å². The third-order valence-electron chi connectivity index (χ3n) is 7.11. The summed E-state index contributed by atoms with van der Waals surface area (Å²) >= 11 is 12.5. The van der Waals surface area contributed by atoms with Crippen LogP contribution in [0.3, 0.4) is 0 Å². The molecule has 2 aliphatic heterocycles. The van der Waals surface area contributed by atoms with Gasteiger partial charge in [0, 0.05) is 64.2 Å². The van der Waals surface area contributed by atoms with Crippen molar-refractivity contribution in [3.63, 3.8) is 0 Å². The van der Waals surface area contributed by atoms with Gasteiger partial charge in [-0.15, -0.1) is 0 Å². The van der Waals surface area contributed by atoms with Gasteiger partial charge >= 0.3 is 0 Å². The SMILES string of the molecule is CC(=O)N1CCC(C(=O)N2CC[C@@H](N(C)C(=O)c3cn[nH]c3)[C@H](c3ccc(Cl)c(Cl)c3)C2)CC1. The number of piperidine rings is 2. The molecule has 0 radical (unpaired) electrons. The first-order valence-electron chi connectivity index (χ1n) is 11.5. The van der Waals surface area contributed by atoms with Gasteiger partial charge in [0.1, 0.15) is 0 Å². The average Bonchev–Trinajstić information content (AvgIpc) is 3.39. The van der Waals surface area contributed by atoms with Crippen molar-refractivity contribution in [2.24, 2.45) is 5.92 Å². The van der Waals surface area contributed by atoms with Gasteiger partial charge in [-0.05, 0) is 37.0 Å². The zero-order valence-electron chi connectivity index (χ0n) is 19.3. The number of likely N-dealkylation sites (N-methyl/N-ethyl adjacent to an activating group) is 1. The van der Waals surface area contributed by atoms with E-state index in [-0.39, 0.29) is 35.6 Å². The molecular formula is C24H29Cl2N5O3. The molecular weight excluding hydrogens is 477 g/mol. The van der Waals surface area contributed by atoms with Crippen LogP contribution in [0.5, 0.6) is 0 Å². The van der Waals surface area contributed by atoms with Gasteiger partial charge in [0.15, 0.2) is 0 Å². The highest BCUT2D eigenvalue weighted by Crippen LogP contribution is 2.35. The topological polar surface area (TPSA) is 89.6 Å². The van der Waals surface area contributed by atoms with Crippen LogP contribution < -0.4 is 0 Å². The molecule has 2 atom stereocenters. The highest BCUT2D eigenvalue weighted by molar-refractivity contribution is 6.42. The van der Waals surface area contributed by atoms with Crippen molar-refractivity contribution in [3.05, 3.63) is 51.8 Å². The Balaban J connectivity index is 1.54. The number of likely N-dealkylation sites (tertiary alicyclic amines) is 2. The predicted octanol–water partition coefficient (Wildman–Crippen LogP) is 3.43. The zero-order valence-corrected chi connectivity index (χ0v) is 20.8. The molecule has 0 saturated carbocycles. The number of H-pyrrole nitrogens is 1. The van der Waals surface area contributed by atoms with Gasteiger partial charge < -0.3 is 14.7 Å². The minimum atomic E-state index is -0.125. The number of carbonyl (C=O) groups excluding carboxylic acids is 3. The average molecular weight is 506 g/mol. The van der Waals surface area contributed by atoms with E-state index in [0.29, 0.717) is 61.1 Å². The monoisotopic (exact) mass is 505 g/mol. The van der Waals surface area contributed by atoms with E-state index in [4.69, 9.17) is 23.2 Å². The summed E-state index contributed by atoms with van der Waals surface area (Å²) in [7, 11) is 1.79. The molecule has 4 rings (SSSR count). The first-order valence-corrected chi connectivity index (χ1v) is 12.3. The second kappa shape index (κ2) is 10.4. The molecule has 2 aromatic rings. The molecule has 182 valence electrons. The summed E-state index contributed by atoms with van der Waals surface area (Å²) in [5.41, 5.74) is 1.43.